The van der Waals surface area contributed by atoms with Crippen LogP contribution in [0.1, 0.15) is 18.5 Å². The van der Waals surface area contributed by atoms with Crippen molar-refractivity contribution in [2.45, 2.75) is 24.9 Å². The number of nitrogens with zero attached hydrogens (tertiary/aromatic N) is 2. The van der Waals surface area contributed by atoms with Gasteiger partial charge in [-0.15, -0.1) is 0 Å². The van der Waals surface area contributed by atoms with Crippen LogP contribution in [0, 0.1) is 12.8 Å². The summed E-state index contributed by atoms with van der Waals surface area (Å²) in [5.74, 6) is 0.321. The third-order valence-corrected chi connectivity index (χ3v) is 4.57. The lowest BCUT2D eigenvalue weighted by molar-refractivity contribution is 0.403. The lowest BCUT2D eigenvalue weighted by atomic mass is 10.0. The minimum Gasteiger partial charge on any atom is -0.316 e. The Morgan fingerprint density at radius 1 is 1.53 bits per heavy atom. The van der Waals surface area contributed by atoms with Gasteiger partial charge in [0.1, 0.15) is 0 Å². The molecule has 1 aromatic rings. The molecule has 1 saturated heterocycles. The molecule has 0 radical (unpaired) electrons. The van der Waals surface area contributed by atoms with Gasteiger partial charge in [-0.3, -0.25) is 0 Å². The summed E-state index contributed by atoms with van der Waals surface area (Å²) in [7, 11) is -3.34. The summed E-state index contributed by atoms with van der Waals surface area (Å²) in [5.41, 5.74) is 0.681. The van der Waals surface area contributed by atoms with E-state index in [1.54, 1.807) is 13.0 Å². The largest absolute Gasteiger partial charge is 0.316 e. The quantitative estimate of drug-likeness (QED) is 0.799. The van der Waals surface area contributed by atoms with Crippen molar-refractivity contribution in [3.8, 4) is 0 Å². The molecular weight excluding hydrogens is 238 g/mol. The molecule has 0 aromatic carbocycles. The Kier molecular flexibility index (Phi) is 3.73. The molecular formula is C11H17N3O2S. The van der Waals surface area contributed by atoms with Gasteiger partial charge in [0.2, 0.25) is 15.0 Å². The monoisotopic (exact) mass is 255 g/mol. The predicted octanol–water partition coefficient (Wildman–Crippen LogP) is 0.558. The zero-order valence-corrected chi connectivity index (χ0v) is 10.7. The Balaban J connectivity index is 2.13. The molecule has 1 N–H and O–H groups in total. The van der Waals surface area contributed by atoms with E-state index in [0.29, 0.717) is 5.69 Å². The number of aromatic nitrogens is 2. The molecule has 1 fully saturated rings. The molecule has 17 heavy (non-hydrogen) atoms. The fourth-order valence-corrected chi connectivity index (χ4v) is 3.59. The number of rotatable bonds is 3. The van der Waals surface area contributed by atoms with Crippen LogP contribution in [-0.4, -0.2) is 37.2 Å². The van der Waals surface area contributed by atoms with Crippen molar-refractivity contribution in [2.75, 3.05) is 18.8 Å². The minimum atomic E-state index is -3.34. The lowest BCUT2D eigenvalue weighted by Gasteiger charge is -2.21. The summed E-state index contributed by atoms with van der Waals surface area (Å²) < 4.78 is 24.2. The highest BCUT2D eigenvalue weighted by molar-refractivity contribution is 7.91. The van der Waals surface area contributed by atoms with Crippen molar-refractivity contribution in [1.29, 1.82) is 0 Å². The molecule has 2 rings (SSSR count). The number of aryl methyl sites for hydroxylation is 1. The standard InChI is InChI=1S/C11H17N3O2S/c1-9-4-6-13-11(14-9)17(15,16)8-10-3-2-5-12-7-10/h4,6,10,12H,2-3,5,7-8H2,1H3/t10-/m1/s1. The summed E-state index contributed by atoms with van der Waals surface area (Å²) in [4.78, 5) is 7.85. The molecule has 0 unspecified atom stereocenters. The molecule has 1 aliphatic heterocycles. The second-order valence-electron chi connectivity index (χ2n) is 4.47. The molecule has 0 saturated carbocycles. The number of nitrogens with one attached hydrogen (secondary N) is 1. The number of sulfone groups is 1. The Morgan fingerprint density at radius 2 is 2.35 bits per heavy atom. The van der Waals surface area contributed by atoms with Crippen LogP contribution in [0.4, 0.5) is 0 Å². The van der Waals surface area contributed by atoms with E-state index in [1.165, 1.54) is 6.20 Å². The van der Waals surface area contributed by atoms with Crippen LogP contribution in [0.15, 0.2) is 17.4 Å². The number of piperidine rings is 1. The highest BCUT2D eigenvalue weighted by atomic mass is 32.2. The van der Waals surface area contributed by atoms with Gasteiger partial charge < -0.3 is 5.32 Å². The van der Waals surface area contributed by atoms with Gasteiger partial charge in [-0.25, -0.2) is 18.4 Å². The predicted molar refractivity (Wildman–Crippen MR) is 64.4 cm³/mol. The number of hydrogen-bond donors (Lipinski definition) is 1. The zero-order chi connectivity index (χ0) is 12.3. The average Bonchev–Trinajstić information content (AvgIpc) is 2.30. The first kappa shape index (κ1) is 12.4. The van der Waals surface area contributed by atoms with Gasteiger partial charge in [0.15, 0.2) is 0 Å². The topological polar surface area (TPSA) is 72.0 Å². The van der Waals surface area contributed by atoms with Gasteiger partial charge in [-0.05, 0) is 44.8 Å². The van der Waals surface area contributed by atoms with Crippen molar-refractivity contribution in [2.24, 2.45) is 5.92 Å². The lowest BCUT2D eigenvalue weighted by Crippen LogP contribution is -2.34. The highest BCUT2D eigenvalue weighted by Gasteiger charge is 2.24. The summed E-state index contributed by atoms with van der Waals surface area (Å²) in [5, 5.41) is 3.18. The summed E-state index contributed by atoms with van der Waals surface area (Å²) in [6, 6.07) is 1.70. The van der Waals surface area contributed by atoms with Gasteiger partial charge in [-0.1, -0.05) is 0 Å². The van der Waals surface area contributed by atoms with E-state index in [0.717, 1.165) is 25.9 Å². The van der Waals surface area contributed by atoms with Crippen LogP contribution in [0.5, 0.6) is 0 Å². The second-order valence-corrected chi connectivity index (χ2v) is 6.40. The second kappa shape index (κ2) is 5.10. The van der Waals surface area contributed by atoms with Crippen LogP contribution in [0.3, 0.4) is 0 Å². The van der Waals surface area contributed by atoms with E-state index in [9.17, 15) is 8.42 Å². The van der Waals surface area contributed by atoms with Crippen molar-refractivity contribution in [3.63, 3.8) is 0 Å². The fraction of sp³-hybridized carbons (Fsp3) is 0.636. The molecule has 0 bridgehead atoms. The first-order valence-electron chi connectivity index (χ1n) is 5.81. The van der Waals surface area contributed by atoms with E-state index in [1.807, 2.05) is 0 Å². The van der Waals surface area contributed by atoms with Gasteiger partial charge in [0.05, 0.1) is 5.75 Å². The summed E-state index contributed by atoms with van der Waals surface area (Å²) in [6.45, 7) is 3.52. The maximum absolute atomic E-state index is 12.1. The maximum atomic E-state index is 12.1. The Hall–Kier alpha value is -1.01. The Labute approximate surface area is 102 Å². The Morgan fingerprint density at radius 3 is 3.00 bits per heavy atom. The smallest absolute Gasteiger partial charge is 0.247 e. The molecule has 1 aromatic heterocycles. The van der Waals surface area contributed by atoms with Gasteiger partial charge in [-0.2, -0.15) is 0 Å². The van der Waals surface area contributed by atoms with E-state index >= 15 is 0 Å². The van der Waals surface area contributed by atoms with Crippen molar-refractivity contribution >= 4 is 9.84 Å². The van der Waals surface area contributed by atoms with Crippen LogP contribution in [-0.2, 0) is 9.84 Å². The molecule has 6 heteroatoms. The van der Waals surface area contributed by atoms with Crippen LogP contribution in [0.25, 0.3) is 0 Å². The van der Waals surface area contributed by atoms with E-state index < -0.39 is 9.84 Å². The van der Waals surface area contributed by atoms with E-state index in [4.69, 9.17) is 0 Å². The molecule has 0 spiro atoms. The van der Waals surface area contributed by atoms with E-state index in [2.05, 4.69) is 15.3 Å². The maximum Gasteiger partial charge on any atom is 0.247 e. The molecule has 2 heterocycles. The minimum absolute atomic E-state index is 0.0388. The van der Waals surface area contributed by atoms with Crippen LogP contribution in [0.2, 0.25) is 0 Å². The fourth-order valence-electron chi connectivity index (χ4n) is 2.03. The summed E-state index contributed by atoms with van der Waals surface area (Å²) >= 11 is 0. The Bertz CT molecular complexity index is 481. The molecule has 5 nitrogen and oxygen atoms in total. The van der Waals surface area contributed by atoms with Crippen LogP contribution < -0.4 is 5.32 Å². The first-order chi connectivity index (χ1) is 8.08. The van der Waals surface area contributed by atoms with Crippen molar-refractivity contribution in [3.05, 3.63) is 18.0 Å². The molecule has 0 amide bonds. The van der Waals surface area contributed by atoms with Gasteiger partial charge in [0, 0.05) is 11.9 Å². The SMILES string of the molecule is Cc1ccnc(S(=O)(=O)C[C@@H]2CCCNC2)n1. The molecule has 0 aliphatic carbocycles. The van der Waals surface area contributed by atoms with Crippen molar-refractivity contribution < 1.29 is 8.42 Å². The molecule has 1 aliphatic rings. The van der Waals surface area contributed by atoms with Crippen LogP contribution >= 0.6 is 0 Å². The molecule has 94 valence electrons. The summed E-state index contributed by atoms with van der Waals surface area (Å²) in [6.07, 6.45) is 3.49. The highest BCUT2D eigenvalue weighted by Crippen LogP contribution is 2.16. The molecule has 1 atom stereocenters. The van der Waals surface area contributed by atoms with Crippen molar-refractivity contribution in [1.82, 2.24) is 15.3 Å². The van der Waals surface area contributed by atoms with E-state index in [-0.39, 0.29) is 16.8 Å². The zero-order valence-electron chi connectivity index (χ0n) is 9.89. The van der Waals surface area contributed by atoms with Gasteiger partial charge >= 0.3 is 0 Å². The van der Waals surface area contributed by atoms with Gasteiger partial charge in [0.25, 0.3) is 0 Å². The normalized spacial score (nSPS) is 21.4. The third-order valence-electron chi connectivity index (χ3n) is 2.90. The first-order valence-corrected chi connectivity index (χ1v) is 7.46. The number of hydrogen-bond acceptors (Lipinski definition) is 5. The third kappa shape index (κ3) is 3.23. The average molecular weight is 255 g/mol.